The Hall–Kier alpha value is -3.30. The number of nitrogens with zero attached hydrogens (tertiary/aromatic N) is 1. The molecule has 1 saturated heterocycles. The first-order valence-corrected chi connectivity index (χ1v) is 9.84. The Balaban J connectivity index is 1.50. The predicted molar refractivity (Wildman–Crippen MR) is 105 cm³/mol. The first kappa shape index (κ1) is 21.4. The van der Waals surface area contributed by atoms with E-state index >= 15 is 0 Å². The number of rotatable bonds is 6. The molecule has 2 atom stereocenters. The van der Waals surface area contributed by atoms with E-state index in [2.05, 4.69) is 10.6 Å². The van der Waals surface area contributed by atoms with Gasteiger partial charge in [-0.3, -0.25) is 19.7 Å². The number of esters is 1. The van der Waals surface area contributed by atoms with Crippen LogP contribution in [0.15, 0.2) is 18.2 Å². The Morgan fingerprint density at radius 2 is 1.97 bits per heavy atom. The highest BCUT2D eigenvalue weighted by Gasteiger charge is 2.37. The molecule has 2 heterocycles. The molecular formula is C20H25N3O7. The van der Waals surface area contributed by atoms with Gasteiger partial charge in [0, 0.05) is 30.8 Å². The van der Waals surface area contributed by atoms with Gasteiger partial charge in [0.15, 0.2) is 18.1 Å². The second-order valence-electron chi connectivity index (χ2n) is 7.17. The normalized spacial score (nSPS) is 18.5. The number of hydrogen-bond donors (Lipinski definition) is 2. The maximum absolute atomic E-state index is 12.4. The SMILES string of the molecule is CC[C@H](C)NC(=O)NC(=O)COC(=O)[C@H]1CC(=O)N(c2ccc3c(c2)OCCO3)C1. The molecule has 0 aliphatic carbocycles. The highest BCUT2D eigenvalue weighted by Crippen LogP contribution is 2.36. The quantitative estimate of drug-likeness (QED) is 0.659. The minimum atomic E-state index is -0.739. The Bertz CT molecular complexity index is 842. The van der Waals surface area contributed by atoms with E-state index in [-0.39, 0.29) is 24.9 Å². The van der Waals surface area contributed by atoms with Crippen LogP contribution in [0.3, 0.4) is 0 Å². The topological polar surface area (TPSA) is 123 Å². The minimum Gasteiger partial charge on any atom is -0.486 e. The summed E-state index contributed by atoms with van der Waals surface area (Å²) in [5.41, 5.74) is 0.596. The molecule has 0 radical (unpaired) electrons. The van der Waals surface area contributed by atoms with Crippen LogP contribution in [-0.4, -0.2) is 56.2 Å². The fourth-order valence-electron chi connectivity index (χ4n) is 3.09. The maximum Gasteiger partial charge on any atom is 0.321 e. The number of ether oxygens (including phenoxy) is 3. The van der Waals surface area contributed by atoms with Gasteiger partial charge in [0.25, 0.3) is 5.91 Å². The van der Waals surface area contributed by atoms with Crippen molar-refractivity contribution in [2.75, 3.05) is 31.3 Å². The first-order valence-electron chi connectivity index (χ1n) is 9.84. The number of hydrogen-bond acceptors (Lipinski definition) is 7. The first-order chi connectivity index (χ1) is 14.4. The molecule has 0 unspecified atom stereocenters. The molecule has 4 amide bonds. The van der Waals surface area contributed by atoms with Crippen LogP contribution >= 0.6 is 0 Å². The third kappa shape index (κ3) is 5.19. The van der Waals surface area contributed by atoms with E-state index in [1.165, 1.54) is 4.90 Å². The van der Waals surface area contributed by atoms with Crippen molar-refractivity contribution in [3.8, 4) is 11.5 Å². The summed E-state index contributed by atoms with van der Waals surface area (Å²) in [5.74, 6) is -1.18. The van der Waals surface area contributed by atoms with Crippen LogP contribution in [0.2, 0.25) is 0 Å². The van der Waals surface area contributed by atoms with Crippen molar-refractivity contribution >= 4 is 29.5 Å². The van der Waals surface area contributed by atoms with Crippen LogP contribution in [0, 0.1) is 5.92 Å². The van der Waals surface area contributed by atoms with Crippen molar-refractivity contribution in [3.05, 3.63) is 18.2 Å². The van der Waals surface area contributed by atoms with E-state index in [0.717, 1.165) is 0 Å². The third-order valence-corrected chi connectivity index (χ3v) is 4.88. The molecule has 162 valence electrons. The van der Waals surface area contributed by atoms with Crippen molar-refractivity contribution in [1.82, 2.24) is 10.6 Å². The van der Waals surface area contributed by atoms with Crippen LogP contribution in [-0.2, 0) is 19.1 Å². The van der Waals surface area contributed by atoms with E-state index in [0.29, 0.717) is 36.8 Å². The second-order valence-corrected chi connectivity index (χ2v) is 7.17. The average Bonchev–Trinajstić information content (AvgIpc) is 3.13. The minimum absolute atomic E-state index is 0.0244. The number of urea groups is 1. The Morgan fingerprint density at radius 3 is 2.70 bits per heavy atom. The van der Waals surface area contributed by atoms with Gasteiger partial charge < -0.3 is 24.4 Å². The molecule has 2 N–H and O–H groups in total. The largest absolute Gasteiger partial charge is 0.486 e. The molecule has 0 saturated carbocycles. The highest BCUT2D eigenvalue weighted by molar-refractivity contribution is 6.00. The zero-order valence-corrected chi connectivity index (χ0v) is 16.9. The molecule has 10 heteroatoms. The molecule has 10 nitrogen and oxygen atoms in total. The molecular weight excluding hydrogens is 394 g/mol. The van der Waals surface area contributed by atoms with Gasteiger partial charge in [-0.2, -0.15) is 0 Å². The zero-order chi connectivity index (χ0) is 21.7. The van der Waals surface area contributed by atoms with Crippen molar-refractivity contribution in [1.29, 1.82) is 0 Å². The summed E-state index contributed by atoms with van der Waals surface area (Å²) in [7, 11) is 0. The fraction of sp³-hybridized carbons (Fsp3) is 0.500. The Labute approximate surface area is 173 Å². The molecule has 30 heavy (non-hydrogen) atoms. The third-order valence-electron chi connectivity index (χ3n) is 4.88. The summed E-state index contributed by atoms with van der Waals surface area (Å²) < 4.78 is 16.0. The lowest BCUT2D eigenvalue weighted by atomic mass is 10.1. The lowest BCUT2D eigenvalue weighted by molar-refractivity contribution is -0.152. The van der Waals surface area contributed by atoms with E-state index in [1.807, 2.05) is 6.92 Å². The molecule has 0 bridgehead atoms. The van der Waals surface area contributed by atoms with Crippen LogP contribution in [0.1, 0.15) is 26.7 Å². The summed E-state index contributed by atoms with van der Waals surface area (Å²) in [5, 5.41) is 4.67. The van der Waals surface area contributed by atoms with Crippen molar-refractivity contribution in [2.45, 2.75) is 32.7 Å². The van der Waals surface area contributed by atoms with Gasteiger partial charge in [0.1, 0.15) is 13.2 Å². The molecule has 2 aliphatic rings. The van der Waals surface area contributed by atoms with Gasteiger partial charge in [-0.1, -0.05) is 6.92 Å². The zero-order valence-electron chi connectivity index (χ0n) is 16.9. The summed E-state index contributed by atoms with van der Waals surface area (Å²) in [6, 6.07) is 4.41. The number of carbonyl (C=O) groups is 4. The fourth-order valence-corrected chi connectivity index (χ4v) is 3.09. The van der Waals surface area contributed by atoms with E-state index in [4.69, 9.17) is 14.2 Å². The number of amides is 4. The number of fused-ring (bicyclic) bond motifs is 1. The van der Waals surface area contributed by atoms with Gasteiger partial charge >= 0.3 is 12.0 Å². The van der Waals surface area contributed by atoms with Crippen molar-refractivity contribution in [3.63, 3.8) is 0 Å². The second kappa shape index (κ2) is 9.47. The molecule has 1 aromatic carbocycles. The molecule has 0 spiro atoms. The Morgan fingerprint density at radius 1 is 1.23 bits per heavy atom. The van der Waals surface area contributed by atoms with Crippen LogP contribution < -0.4 is 25.0 Å². The molecule has 3 rings (SSSR count). The summed E-state index contributed by atoms with van der Waals surface area (Å²) >= 11 is 0. The lowest BCUT2D eigenvalue weighted by Gasteiger charge is -2.22. The summed E-state index contributed by atoms with van der Waals surface area (Å²) in [6.07, 6.45) is 0.690. The van der Waals surface area contributed by atoms with Gasteiger partial charge in [-0.15, -0.1) is 0 Å². The number of benzene rings is 1. The molecule has 1 fully saturated rings. The van der Waals surface area contributed by atoms with Gasteiger partial charge in [0.05, 0.1) is 5.92 Å². The smallest absolute Gasteiger partial charge is 0.321 e. The van der Waals surface area contributed by atoms with Crippen molar-refractivity contribution < 1.29 is 33.4 Å². The molecule has 0 aromatic heterocycles. The van der Waals surface area contributed by atoms with Crippen LogP contribution in [0.5, 0.6) is 11.5 Å². The van der Waals surface area contributed by atoms with E-state index < -0.39 is 30.4 Å². The maximum atomic E-state index is 12.4. The van der Waals surface area contributed by atoms with Gasteiger partial charge in [0.2, 0.25) is 5.91 Å². The monoisotopic (exact) mass is 419 g/mol. The van der Waals surface area contributed by atoms with Gasteiger partial charge in [-0.25, -0.2) is 4.79 Å². The van der Waals surface area contributed by atoms with Crippen molar-refractivity contribution in [2.24, 2.45) is 5.92 Å². The number of nitrogens with one attached hydrogen (secondary N) is 2. The van der Waals surface area contributed by atoms with Gasteiger partial charge in [-0.05, 0) is 25.5 Å². The standard InChI is InChI=1S/C20H25N3O7/c1-3-12(2)21-20(27)22-17(24)11-30-19(26)13-8-18(25)23(10-13)14-4-5-15-16(9-14)29-7-6-28-15/h4-5,9,12-13H,3,6-8,10-11H2,1-2H3,(H2,21,22,24,27)/t12-,13-/m0/s1. The summed E-state index contributed by atoms with van der Waals surface area (Å²) in [6.45, 7) is 4.13. The van der Waals surface area contributed by atoms with Crippen LogP contribution in [0.25, 0.3) is 0 Å². The summed E-state index contributed by atoms with van der Waals surface area (Å²) in [4.78, 5) is 49.5. The lowest BCUT2D eigenvalue weighted by Crippen LogP contribution is -2.44. The van der Waals surface area contributed by atoms with E-state index in [1.54, 1.807) is 25.1 Å². The Kier molecular flexibility index (Phi) is 6.76. The number of anilines is 1. The average molecular weight is 419 g/mol. The number of imide groups is 1. The van der Waals surface area contributed by atoms with E-state index in [9.17, 15) is 19.2 Å². The van der Waals surface area contributed by atoms with Crippen LogP contribution in [0.4, 0.5) is 10.5 Å². The predicted octanol–water partition coefficient (Wildman–Crippen LogP) is 0.978. The molecule has 2 aliphatic heterocycles. The number of carbonyl (C=O) groups excluding carboxylic acids is 4. The molecule has 1 aromatic rings. The highest BCUT2D eigenvalue weighted by atomic mass is 16.6.